The molecule has 0 fully saturated rings. The van der Waals surface area contributed by atoms with Crippen molar-refractivity contribution < 1.29 is 22.7 Å². The molecular weight excluding hydrogens is 345 g/mol. The number of amides is 1. The van der Waals surface area contributed by atoms with Crippen LogP contribution in [0.4, 0.5) is 18.0 Å². The van der Waals surface area contributed by atoms with Crippen molar-refractivity contribution in [3.05, 3.63) is 65.2 Å². The molecule has 7 heteroatoms. The van der Waals surface area contributed by atoms with Crippen molar-refractivity contribution in [1.82, 2.24) is 5.32 Å². The van der Waals surface area contributed by atoms with Crippen LogP contribution in [0.15, 0.2) is 48.5 Å². The highest BCUT2D eigenvalue weighted by Crippen LogP contribution is 2.32. The summed E-state index contributed by atoms with van der Waals surface area (Å²) in [5, 5.41) is 11.2. The molecule has 0 saturated heterocycles. The van der Waals surface area contributed by atoms with E-state index >= 15 is 0 Å². The zero-order valence-electron chi connectivity index (χ0n) is 13.6. The number of hydrogen-bond donors (Lipinski definition) is 1. The molecule has 2 aromatic rings. The number of hydrogen-bond acceptors (Lipinski definition) is 3. The van der Waals surface area contributed by atoms with Crippen LogP contribution in [0.3, 0.4) is 0 Å². The summed E-state index contributed by atoms with van der Waals surface area (Å²) in [5.74, 6) is 5.52. The van der Waals surface area contributed by atoms with Gasteiger partial charge in [-0.15, -0.1) is 0 Å². The Balaban J connectivity index is 2.06. The van der Waals surface area contributed by atoms with Crippen LogP contribution in [0, 0.1) is 23.2 Å². The third-order valence-electron chi connectivity index (χ3n) is 3.17. The molecule has 0 bridgehead atoms. The van der Waals surface area contributed by atoms with E-state index in [0.29, 0.717) is 5.75 Å². The van der Waals surface area contributed by atoms with Gasteiger partial charge in [0.15, 0.2) is 0 Å². The van der Waals surface area contributed by atoms with Crippen molar-refractivity contribution in [3.8, 4) is 23.7 Å². The molecule has 0 aliphatic rings. The smallest absolute Gasteiger partial charge is 0.410 e. The molecular formula is C19H13F3N2O2. The number of nitrogens with one attached hydrogen (secondary N) is 1. The number of rotatable bonds is 2. The van der Waals surface area contributed by atoms with Crippen LogP contribution in [-0.4, -0.2) is 12.1 Å². The second kappa shape index (κ2) is 8.09. The maximum absolute atomic E-state index is 12.9. The predicted molar refractivity (Wildman–Crippen MR) is 88.1 cm³/mol. The fraction of sp³-hybridized carbons (Fsp3) is 0.158. The molecule has 26 heavy (non-hydrogen) atoms. The molecule has 132 valence electrons. The van der Waals surface area contributed by atoms with Crippen molar-refractivity contribution in [2.75, 3.05) is 0 Å². The SMILES string of the molecule is CC(C#Cc1ccc(C#N)c(C(F)(F)F)c1)NC(=O)Oc1ccccc1. The highest BCUT2D eigenvalue weighted by Gasteiger charge is 2.33. The summed E-state index contributed by atoms with van der Waals surface area (Å²) in [5.41, 5.74) is -1.43. The summed E-state index contributed by atoms with van der Waals surface area (Å²) in [4.78, 5) is 11.7. The van der Waals surface area contributed by atoms with E-state index in [-0.39, 0.29) is 5.56 Å². The molecule has 2 rings (SSSR count). The van der Waals surface area contributed by atoms with E-state index in [1.54, 1.807) is 37.3 Å². The van der Waals surface area contributed by atoms with Crippen LogP contribution < -0.4 is 10.1 Å². The Morgan fingerprint density at radius 1 is 1.19 bits per heavy atom. The van der Waals surface area contributed by atoms with Gasteiger partial charge in [0.05, 0.1) is 23.2 Å². The second-order valence-corrected chi connectivity index (χ2v) is 5.21. The molecule has 0 radical (unpaired) electrons. The number of ether oxygens (including phenoxy) is 1. The number of alkyl halides is 3. The van der Waals surface area contributed by atoms with Gasteiger partial charge in [0.1, 0.15) is 5.75 Å². The van der Waals surface area contributed by atoms with E-state index < -0.39 is 29.4 Å². The first kappa shape index (κ1) is 18.9. The van der Waals surface area contributed by atoms with Crippen molar-refractivity contribution in [3.63, 3.8) is 0 Å². The summed E-state index contributed by atoms with van der Waals surface area (Å²) >= 11 is 0. The maximum atomic E-state index is 12.9. The quantitative estimate of drug-likeness (QED) is 0.822. The molecule has 1 N–H and O–H groups in total. The topological polar surface area (TPSA) is 62.1 Å². The normalized spacial score (nSPS) is 11.5. The Morgan fingerprint density at radius 2 is 1.88 bits per heavy atom. The minimum atomic E-state index is -4.65. The number of nitriles is 1. The van der Waals surface area contributed by atoms with Crippen LogP contribution in [0.1, 0.15) is 23.6 Å². The third-order valence-corrected chi connectivity index (χ3v) is 3.17. The van der Waals surface area contributed by atoms with E-state index in [4.69, 9.17) is 10.00 Å². The Morgan fingerprint density at radius 3 is 2.50 bits per heavy atom. The Kier molecular flexibility index (Phi) is 5.87. The summed E-state index contributed by atoms with van der Waals surface area (Å²) in [6, 6.07) is 12.4. The van der Waals surface area contributed by atoms with Gasteiger partial charge in [-0.3, -0.25) is 0 Å². The fourth-order valence-corrected chi connectivity index (χ4v) is 1.98. The Bertz CT molecular complexity index is 891. The van der Waals surface area contributed by atoms with Crippen LogP contribution >= 0.6 is 0 Å². The lowest BCUT2D eigenvalue weighted by atomic mass is 10.0. The molecule has 0 aliphatic carbocycles. The van der Waals surface area contributed by atoms with Gasteiger partial charge in [0.25, 0.3) is 0 Å². The highest BCUT2D eigenvalue weighted by molar-refractivity contribution is 5.71. The molecule has 0 aromatic heterocycles. The van der Waals surface area contributed by atoms with Gasteiger partial charge in [-0.05, 0) is 37.3 Å². The largest absolute Gasteiger partial charge is 0.417 e. The molecule has 4 nitrogen and oxygen atoms in total. The van der Waals surface area contributed by atoms with Crippen molar-refractivity contribution in [1.29, 1.82) is 5.26 Å². The molecule has 0 heterocycles. The maximum Gasteiger partial charge on any atom is 0.417 e. The fourth-order valence-electron chi connectivity index (χ4n) is 1.98. The first-order valence-corrected chi connectivity index (χ1v) is 7.46. The van der Waals surface area contributed by atoms with Crippen molar-refractivity contribution in [2.45, 2.75) is 19.1 Å². The molecule has 1 atom stereocenters. The van der Waals surface area contributed by atoms with Gasteiger partial charge in [0, 0.05) is 5.56 Å². The number of carbonyl (C=O) groups excluding carboxylic acids is 1. The average molecular weight is 358 g/mol. The first-order chi connectivity index (χ1) is 12.3. The molecule has 1 unspecified atom stereocenters. The van der Waals surface area contributed by atoms with Crippen LogP contribution in [0.25, 0.3) is 0 Å². The number of carbonyl (C=O) groups is 1. The summed E-state index contributed by atoms with van der Waals surface area (Å²) < 4.78 is 43.8. The second-order valence-electron chi connectivity index (χ2n) is 5.21. The van der Waals surface area contributed by atoms with Gasteiger partial charge in [0.2, 0.25) is 0 Å². The van der Waals surface area contributed by atoms with E-state index in [1.165, 1.54) is 12.1 Å². The van der Waals surface area contributed by atoms with Gasteiger partial charge in [-0.25, -0.2) is 4.79 Å². The lowest BCUT2D eigenvalue weighted by Crippen LogP contribution is -2.33. The molecule has 1 amide bonds. The Hall–Kier alpha value is -3.45. The number of benzene rings is 2. The van der Waals surface area contributed by atoms with Gasteiger partial charge in [-0.2, -0.15) is 18.4 Å². The van der Waals surface area contributed by atoms with Crippen LogP contribution in [-0.2, 0) is 6.18 Å². The van der Waals surface area contributed by atoms with Gasteiger partial charge < -0.3 is 10.1 Å². The van der Waals surface area contributed by atoms with Crippen LogP contribution in [0.2, 0.25) is 0 Å². The molecule has 0 spiro atoms. The number of nitrogens with zero attached hydrogens (tertiary/aromatic N) is 1. The van der Waals surface area contributed by atoms with E-state index in [0.717, 1.165) is 12.1 Å². The van der Waals surface area contributed by atoms with E-state index in [2.05, 4.69) is 17.2 Å². The summed E-state index contributed by atoms with van der Waals surface area (Å²) in [7, 11) is 0. The summed E-state index contributed by atoms with van der Waals surface area (Å²) in [6.07, 6.45) is -5.37. The number of para-hydroxylation sites is 1. The lowest BCUT2D eigenvalue weighted by molar-refractivity contribution is -0.137. The van der Waals surface area contributed by atoms with Crippen molar-refractivity contribution >= 4 is 6.09 Å². The monoisotopic (exact) mass is 358 g/mol. The first-order valence-electron chi connectivity index (χ1n) is 7.46. The van der Waals surface area contributed by atoms with Crippen LogP contribution in [0.5, 0.6) is 5.75 Å². The minimum absolute atomic E-state index is 0.0846. The van der Waals surface area contributed by atoms with E-state index in [1.807, 2.05) is 0 Å². The number of halogens is 3. The minimum Gasteiger partial charge on any atom is -0.410 e. The van der Waals surface area contributed by atoms with Gasteiger partial charge in [-0.1, -0.05) is 30.0 Å². The molecule has 0 saturated carbocycles. The predicted octanol–water partition coefficient (Wildman–Crippen LogP) is 4.11. The third kappa shape index (κ3) is 5.29. The molecule has 2 aromatic carbocycles. The molecule has 0 aliphatic heterocycles. The van der Waals surface area contributed by atoms with E-state index in [9.17, 15) is 18.0 Å². The standard InChI is InChI=1S/C19H13F3N2O2/c1-13(24-18(25)26-16-5-3-2-4-6-16)7-8-14-9-10-15(12-23)17(11-14)19(20,21)22/h2-6,9-11,13H,1H3,(H,24,25). The highest BCUT2D eigenvalue weighted by atomic mass is 19.4. The average Bonchev–Trinajstić information content (AvgIpc) is 2.59. The zero-order chi connectivity index (χ0) is 19.2. The van der Waals surface area contributed by atoms with Crippen molar-refractivity contribution in [2.24, 2.45) is 0 Å². The zero-order valence-corrected chi connectivity index (χ0v) is 13.6. The Labute approximate surface area is 148 Å². The van der Waals surface area contributed by atoms with Gasteiger partial charge >= 0.3 is 12.3 Å². The lowest BCUT2D eigenvalue weighted by Gasteiger charge is -2.09. The summed E-state index contributed by atoms with van der Waals surface area (Å²) in [6.45, 7) is 1.56.